The molecular weight excluding hydrogens is 176 g/mol. The molecule has 0 N–H and O–H groups in total. The molecule has 0 aliphatic rings. The van der Waals surface area contributed by atoms with Crippen molar-refractivity contribution in [1.29, 1.82) is 0 Å². The van der Waals surface area contributed by atoms with Crippen molar-refractivity contribution < 1.29 is 0 Å². The number of thioether (sulfide) groups is 1. The van der Waals surface area contributed by atoms with Crippen LogP contribution in [-0.4, -0.2) is 9.49 Å². The van der Waals surface area contributed by atoms with Crippen molar-refractivity contribution in [2.75, 3.05) is 0 Å². The second kappa shape index (κ2) is 5.29. The summed E-state index contributed by atoms with van der Waals surface area (Å²) in [5.74, 6) is 0. The van der Waals surface area contributed by atoms with Gasteiger partial charge in [0.15, 0.2) is 0 Å². The van der Waals surface area contributed by atoms with Gasteiger partial charge in [-0.3, -0.25) is 0 Å². The standard InChI is InChI=1S/C12H26S/c1-7-8-9-10-12(5,6)13-11(2,3)4/h7-10H2,1-6H3. The van der Waals surface area contributed by atoms with Crippen LogP contribution in [0.3, 0.4) is 0 Å². The molecule has 0 radical (unpaired) electrons. The zero-order valence-corrected chi connectivity index (χ0v) is 11.1. The monoisotopic (exact) mass is 202 g/mol. The molecule has 0 atom stereocenters. The summed E-state index contributed by atoms with van der Waals surface area (Å²) in [7, 11) is 0. The Morgan fingerprint density at radius 2 is 1.46 bits per heavy atom. The van der Waals surface area contributed by atoms with Crippen LogP contribution in [0.5, 0.6) is 0 Å². The van der Waals surface area contributed by atoms with Crippen molar-refractivity contribution >= 4 is 11.8 Å². The predicted molar refractivity (Wildman–Crippen MR) is 65.6 cm³/mol. The molecule has 0 spiro atoms. The summed E-state index contributed by atoms with van der Waals surface area (Å²) in [4.78, 5) is 0. The van der Waals surface area contributed by atoms with Crippen molar-refractivity contribution in [1.82, 2.24) is 0 Å². The lowest BCUT2D eigenvalue weighted by Crippen LogP contribution is -2.23. The van der Waals surface area contributed by atoms with E-state index >= 15 is 0 Å². The van der Waals surface area contributed by atoms with Crippen molar-refractivity contribution in [3.63, 3.8) is 0 Å². The van der Waals surface area contributed by atoms with Gasteiger partial charge in [-0.1, -0.05) is 60.8 Å². The summed E-state index contributed by atoms with van der Waals surface area (Å²) in [6.45, 7) is 13.9. The lowest BCUT2D eigenvalue weighted by molar-refractivity contribution is 0.566. The van der Waals surface area contributed by atoms with E-state index in [4.69, 9.17) is 0 Å². The number of rotatable bonds is 5. The Labute approximate surface area is 88.9 Å². The van der Waals surface area contributed by atoms with Crippen LogP contribution in [-0.2, 0) is 0 Å². The Hall–Kier alpha value is 0.350. The quantitative estimate of drug-likeness (QED) is 0.573. The van der Waals surface area contributed by atoms with E-state index in [9.17, 15) is 0 Å². The molecule has 0 aliphatic carbocycles. The SMILES string of the molecule is CCCCCC(C)(C)SC(C)(C)C. The second-order valence-corrected chi connectivity index (χ2v) is 7.97. The molecule has 0 aromatic rings. The first-order valence-corrected chi connectivity index (χ1v) is 6.29. The summed E-state index contributed by atoms with van der Waals surface area (Å²) >= 11 is 2.11. The van der Waals surface area contributed by atoms with Crippen LogP contribution in [0, 0.1) is 0 Å². The Balaban J connectivity index is 3.80. The van der Waals surface area contributed by atoms with Crippen molar-refractivity contribution in [2.24, 2.45) is 0 Å². The second-order valence-electron chi connectivity index (χ2n) is 5.43. The van der Waals surface area contributed by atoms with Crippen LogP contribution in [0.15, 0.2) is 0 Å². The van der Waals surface area contributed by atoms with Gasteiger partial charge >= 0.3 is 0 Å². The molecule has 0 saturated carbocycles. The van der Waals surface area contributed by atoms with E-state index < -0.39 is 0 Å². The van der Waals surface area contributed by atoms with Crippen molar-refractivity contribution in [3.8, 4) is 0 Å². The molecular formula is C12H26S. The van der Waals surface area contributed by atoms with Gasteiger partial charge < -0.3 is 0 Å². The van der Waals surface area contributed by atoms with Crippen LogP contribution in [0.1, 0.15) is 67.2 Å². The van der Waals surface area contributed by atoms with Crippen LogP contribution in [0.4, 0.5) is 0 Å². The molecule has 0 aromatic carbocycles. The van der Waals surface area contributed by atoms with Gasteiger partial charge in [-0.2, -0.15) is 0 Å². The molecule has 0 rings (SSSR count). The maximum atomic E-state index is 2.37. The van der Waals surface area contributed by atoms with Gasteiger partial charge in [-0.15, -0.1) is 11.8 Å². The number of hydrogen-bond donors (Lipinski definition) is 0. The molecule has 0 bridgehead atoms. The maximum absolute atomic E-state index is 2.37. The fourth-order valence-corrected chi connectivity index (χ4v) is 3.58. The molecule has 0 heterocycles. The van der Waals surface area contributed by atoms with Gasteiger partial charge in [0.2, 0.25) is 0 Å². The highest BCUT2D eigenvalue weighted by Gasteiger charge is 2.25. The van der Waals surface area contributed by atoms with E-state index in [0.29, 0.717) is 9.49 Å². The zero-order valence-electron chi connectivity index (χ0n) is 10.2. The Morgan fingerprint density at radius 1 is 0.923 bits per heavy atom. The fraction of sp³-hybridized carbons (Fsp3) is 1.00. The number of unbranched alkanes of at least 4 members (excludes halogenated alkanes) is 2. The third-order valence-corrected chi connectivity index (χ3v) is 3.33. The first-order chi connectivity index (χ1) is 5.77. The molecule has 0 nitrogen and oxygen atoms in total. The minimum absolute atomic E-state index is 0.399. The molecule has 1 heteroatoms. The highest BCUT2D eigenvalue weighted by atomic mass is 32.2. The molecule has 0 unspecified atom stereocenters. The van der Waals surface area contributed by atoms with Gasteiger partial charge in [-0.25, -0.2) is 0 Å². The summed E-state index contributed by atoms with van der Waals surface area (Å²) in [6, 6.07) is 0. The predicted octanol–water partition coefficient (Wildman–Crippen LogP) is 4.88. The largest absolute Gasteiger partial charge is 0.150 e. The molecule has 0 fully saturated rings. The van der Waals surface area contributed by atoms with Gasteiger partial charge in [0.05, 0.1) is 0 Å². The molecule has 0 amide bonds. The summed E-state index contributed by atoms with van der Waals surface area (Å²) in [5, 5.41) is 0. The summed E-state index contributed by atoms with van der Waals surface area (Å²) in [5.41, 5.74) is 0. The van der Waals surface area contributed by atoms with Gasteiger partial charge in [-0.05, 0) is 6.42 Å². The summed E-state index contributed by atoms with van der Waals surface area (Å²) in [6.07, 6.45) is 5.44. The van der Waals surface area contributed by atoms with Crippen LogP contribution in [0.25, 0.3) is 0 Å². The highest BCUT2D eigenvalue weighted by molar-refractivity contribution is 8.01. The van der Waals surface area contributed by atoms with Crippen LogP contribution in [0.2, 0.25) is 0 Å². The minimum Gasteiger partial charge on any atom is -0.150 e. The molecule has 0 aliphatic heterocycles. The normalized spacial score (nSPS) is 13.4. The Bertz CT molecular complexity index is 131. The third kappa shape index (κ3) is 8.67. The first kappa shape index (κ1) is 13.4. The third-order valence-electron chi connectivity index (χ3n) is 1.96. The molecule has 0 saturated heterocycles. The lowest BCUT2D eigenvalue weighted by Gasteiger charge is -2.32. The van der Waals surface area contributed by atoms with E-state index in [2.05, 4.69) is 53.3 Å². The van der Waals surface area contributed by atoms with Crippen molar-refractivity contribution in [2.45, 2.75) is 76.7 Å². The van der Waals surface area contributed by atoms with E-state index in [1.54, 1.807) is 0 Å². The average Bonchev–Trinajstić information content (AvgIpc) is 1.81. The Morgan fingerprint density at radius 3 is 1.85 bits per heavy atom. The summed E-state index contributed by atoms with van der Waals surface area (Å²) < 4.78 is 0.850. The highest BCUT2D eigenvalue weighted by Crippen LogP contribution is 2.39. The molecule has 13 heavy (non-hydrogen) atoms. The molecule has 0 aromatic heterocycles. The van der Waals surface area contributed by atoms with Crippen molar-refractivity contribution in [3.05, 3.63) is 0 Å². The van der Waals surface area contributed by atoms with Gasteiger partial charge in [0.25, 0.3) is 0 Å². The van der Waals surface area contributed by atoms with E-state index in [1.165, 1.54) is 25.7 Å². The van der Waals surface area contributed by atoms with Crippen LogP contribution < -0.4 is 0 Å². The topological polar surface area (TPSA) is 0 Å². The smallest absolute Gasteiger partial charge is 0.0109 e. The van der Waals surface area contributed by atoms with E-state index in [1.807, 2.05) is 0 Å². The zero-order chi connectivity index (χ0) is 10.5. The van der Waals surface area contributed by atoms with Gasteiger partial charge in [0, 0.05) is 9.49 Å². The first-order valence-electron chi connectivity index (χ1n) is 5.47. The lowest BCUT2D eigenvalue weighted by atomic mass is 10.0. The van der Waals surface area contributed by atoms with E-state index in [0.717, 1.165) is 0 Å². The Kier molecular flexibility index (Phi) is 5.43. The maximum Gasteiger partial charge on any atom is 0.0109 e. The average molecular weight is 202 g/mol. The molecule has 80 valence electrons. The minimum atomic E-state index is 0.399. The fourth-order valence-electron chi connectivity index (χ4n) is 1.68. The van der Waals surface area contributed by atoms with E-state index in [-0.39, 0.29) is 0 Å². The number of hydrogen-bond acceptors (Lipinski definition) is 1. The van der Waals surface area contributed by atoms with Gasteiger partial charge in [0.1, 0.15) is 0 Å². The van der Waals surface area contributed by atoms with Crippen LogP contribution >= 0.6 is 11.8 Å².